The van der Waals surface area contributed by atoms with Gasteiger partial charge >= 0.3 is 5.97 Å². The molecule has 0 saturated carbocycles. The number of carboxylic acids is 1. The summed E-state index contributed by atoms with van der Waals surface area (Å²) >= 11 is 0. The van der Waals surface area contributed by atoms with Crippen molar-refractivity contribution < 1.29 is 14.6 Å². The van der Waals surface area contributed by atoms with Gasteiger partial charge in [0.25, 0.3) is 0 Å². The van der Waals surface area contributed by atoms with Crippen LogP contribution in [-0.4, -0.2) is 37.8 Å². The summed E-state index contributed by atoms with van der Waals surface area (Å²) in [4.78, 5) is 13.3. The fourth-order valence-electron chi connectivity index (χ4n) is 2.90. The minimum absolute atomic E-state index is 0.288. The van der Waals surface area contributed by atoms with Gasteiger partial charge in [-0.25, -0.2) is 0 Å². The van der Waals surface area contributed by atoms with Crippen LogP contribution in [0.15, 0.2) is 18.2 Å². The maximum atomic E-state index is 11.2. The third-order valence-electron chi connectivity index (χ3n) is 4.11. The second kappa shape index (κ2) is 8.03. The van der Waals surface area contributed by atoms with Crippen LogP contribution in [0, 0.1) is 5.92 Å². The van der Waals surface area contributed by atoms with E-state index in [-0.39, 0.29) is 5.92 Å². The number of anilines is 1. The standard InChI is InChI=1S/C17H26N2O3/c1-3-8-18-11-13-6-7-15(16(10-13)22-2)19-9-4-5-14(12-19)17(20)21/h6-7,10,14,18H,3-5,8-9,11-12H2,1-2H3,(H,20,21). The van der Waals surface area contributed by atoms with Crippen molar-refractivity contribution in [2.75, 3.05) is 31.6 Å². The Labute approximate surface area is 132 Å². The van der Waals surface area contributed by atoms with E-state index in [1.807, 2.05) is 12.1 Å². The Kier molecular flexibility index (Phi) is 6.07. The summed E-state index contributed by atoms with van der Waals surface area (Å²) in [6, 6.07) is 6.18. The molecule has 5 heteroatoms. The number of piperidine rings is 1. The summed E-state index contributed by atoms with van der Waals surface area (Å²) in [6.45, 7) is 5.40. The third-order valence-corrected chi connectivity index (χ3v) is 4.11. The second-order valence-corrected chi connectivity index (χ2v) is 5.81. The number of carbonyl (C=O) groups is 1. The van der Waals surface area contributed by atoms with Gasteiger partial charge in [-0.3, -0.25) is 4.79 Å². The van der Waals surface area contributed by atoms with E-state index in [9.17, 15) is 9.90 Å². The molecule has 2 rings (SSSR count). The highest BCUT2D eigenvalue weighted by atomic mass is 16.5. The highest BCUT2D eigenvalue weighted by molar-refractivity contribution is 5.72. The zero-order valence-corrected chi connectivity index (χ0v) is 13.5. The lowest BCUT2D eigenvalue weighted by atomic mass is 9.97. The van der Waals surface area contributed by atoms with Crippen molar-refractivity contribution in [1.29, 1.82) is 0 Å². The highest BCUT2D eigenvalue weighted by Crippen LogP contribution is 2.32. The smallest absolute Gasteiger partial charge is 0.308 e. The van der Waals surface area contributed by atoms with E-state index in [1.54, 1.807) is 7.11 Å². The number of ether oxygens (including phenoxy) is 1. The SMILES string of the molecule is CCCNCc1ccc(N2CCCC(C(=O)O)C2)c(OC)c1. The molecule has 1 fully saturated rings. The Morgan fingerprint density at radius 1 is 1.50 bits per heavy atom. The Morgan fingerprint density at radius 3 is 3.00 bits per heavy atom. The number of rotatable bonds is 7. The molecule has 0 radical (unpaired) electrons. The van der Waals surface area contributed by atoms with Crippen LogP contribution < -0.4 is 15.0 Å². The van der Waals surface area contributed by atoms with Crippen molar-refractivity contribution in [1.82, 2.24) is 5.32 Å². The van der Waals surface area contributed by atoms with Crippen LogP contribution in [0.1, 0.15) is 31.7 Å². The molecule has 2 N–H and O–H groups in total. The highest BCUT2D eigenvalue weighted by Gasteiger charge is 2.26. The van der Waals surface area contributed by atoms with Gasteiger partial charge in [0.2, 0.25) is 0 Å². The van der Waals surface area contributed by atoms with Crippen molar-refractivity contribution in [2.45, 2.75) is 32.7 Å². The summed E-state index contributed by atoms with van der Waals surface area (Å²) in [7, 11) is 1.67. The molecule has 1 aromatic carbocycles. The number of carboxylic acid groups (broad SMARTS) is 1. The predicted octanol–water partition coefficient (Wildman–Crippen LogP) is 2.50. The zero-order chi connectivity index (χ0) is 15.9. The lowest BCUT2D eigenvalue weighted by Crippen LogP contribution is -2.38. The Hall–Kier alpha value is -1.75. The van der Waals surface area contributed by atoms with Crippen molar-refractivity contribution in [2.24, 2.45) is 5.92 Å². The second-order valence-electron chi connectivity index (χ2n) is 5.81. The van der Waals surface area contributed by atoms with Gasteiger partial charge in [0, 0.05) is 19.6 Å². The fraction of sp³-hybridized carbons (Fsp3) is 0.588. The van der Waals surface area contributed by atoms with Gasteiger partial charge in [-0.15, -0.1) is 0 Å². The van der Waals surface area contributed by atoms with E-state index in [1.165, 1.54) is 5.56 Å². The lowest BCUT2D eigenvalue weighted by molar-refractivity contribution is -0.141. The monoisotopic (exact) mass is 306 g/mol. The number of methoxy groups -OCH3 is 1. The number of aliphatic carboxylic acids is 1. The summed E-state index contributed by atoms with van der Waals surface area (Å²) in [5, 5.41) is 12.6. The van der Waals surface area contributed by atoms with Crippen LogP contribution in [0.4, 0.5) is 5.69 Å². The quantitative estimate of drug-likeness (QED) is 0.758. The molecule has 1 unspecified atom stereocenters. The molecule has 0 aromatic heterocycles. The molecule has 122 valence electrons. The van der Waals surface area contributed by atoms with Gasteiger partial charge in [0.1, 0.15) is 5.75 Å². The normalized spacial score (nSPS) is 18.3. The molecule has 0 spiro atoms. The average molecular weight is 306 g/mol. The summed E-state index contributed by atoms with van der Waals surface area (Å²) in [5.74, 6) is -0.171. The van der Waals surface area contributed by atoms with Gasteiger partial charge in [-0.05, 0) is 43.5 Å². The summed E-state index contributed by atoms with van der Waals surface area (Å²) in [5.41, 5.74) is 2.17. The van der Waals surface area contributed by atoms with Crippen molar-refractivity contribution in [3.05, 3.63) is 23.8 Å². The molecule has 0 bridgehead atoms. The van der Waals surface area contributed by atoms with Crippen LogP contribution in [0.25, 0.3) is 0 Å². The average Bonchev–Trinajstić information content (AvgIpc) is 2.55. The number of hydrogen-bond donors (Lipinski definition) is 2. The number of benzene rings is 1. The summed E-state index contributed by atoms with van der Waals surface area (Å²) in [6.07, 6.45) is 2.77. The Balaban J connectivity index is 2.11. The molecule has 22 heavy (non-hydrogen) atoms. The Bertz CT molecular complexity index is 505. The number of hydrogen-bond acceptors (Lipinski definition) is 4. The fourth-order valence-corrected chi connectivity index (χ4v) is 2.90. The number of nitrogens with one attached hydrogen (secondary N) is 1. The van der Waals surface area contributed by atoms with E-state index < -0.39 is 5.97 Å². The molecule has 1 aliphatic rings. The van der Waals surface area contributed by atoms with E-state index in [0.29, 0.717) is 6.54 Å². The lowest BCUT2D eigenvalue weighted by Gasteiger charge is -2.33. The molecular formula is C17H26N2O3. The van der Waals surface area contributed by atoms with Crippen LogP contribution in [0.2, 0.25) is 0 Å². The maximum absolute atomic E-state index is 11.2. The van der Waals surface area contributed by atoms with Crippen LogP contribution in [0.5, 0.6) is 5.75 Å². The molecule has 1 heterocycles. The molecule has 0 amide bonds. The van der Waals surface area contributed by atoms with Crippen molar-refractivity contribution in [3.63, 3.8) is 0 Å². The first-order valence-electron chi connectivity index (χ1n) is 8.01. The topological polar surface area (TPSA) is 61.8 Å². The van der Waals surface area contributed by atoms with Crippen molar-refractivity contribution in [3.8, 4) is 5.75 Å². The largest absolute Gasteiger partial charge is 0.495 e. The Morgan fingerprint density at radius 2 is 2.32 bits per heavy atom. The van der Waals surface area contributed by atoms with E-state index in [4.69, 9.17) is 4.74 Å². The molecule has 1 atom stereocenters. The van der Waals surface area contributed by atoms with Crippen LogP contribution >= 0.6 is 0 Å². The first-order valence-corrected chi connectivity index (χ1v) is 8.01. The first-order chi connectivity index (χ1) is 10.7. The molecule has 0 aliphatic carbocycles. The van der Waals surface area contributed by atoms with Gasteiger partial charge in [0.15, 0.2) is 0 Å². The first kappa shape index (κ1) is 16.6. The minimum atomic E-state index is -0.705. The molecule has 1 aliphatic heterocycles. The van der Waals surface area contributed by atoms with Gasteiger partial charge in [0.05, 0.1) is 18.7 Å². The minimum Gasteiger partial charge on any atom is -0.495 e. The van der Waals surface area contributed by atoms with Crippen LogP contribution in [0.3, 0.4) is 0 Å². The van der Waals surface area contributed by atoms with Crippen LogP contribution in [-0.2, 0) is 11.3 Å². The predicted molar refractivity (Wildman–Crippen MR) is 87.6 cm³/mol. The molecule has 1 saturated heterocycles. The van der Waals surface area contributed by atoms with E-state index in [0.717, 1.165) is 50.3 Å². The molecular weight excluding hydrogens is 280 g/mol. The summed E-state index contributed by atoms with van der Waals surface area (Å²) < 4.78 is 5.52. The maximum Gasteiger partial charge on any atom is 0.308 e. The molecule has 5 nitrogen and oxygen atoms in total. The number of nitrogens with zero attached hydrogens (tertiary/aromatic N) is 1. The van der Waals surface area contributed by atoms with Gasteiger partial charge < -0.3 is 20.1 Å². The molecule has 1 aromatic rings. The van der Waals surface area contributed by atoms with Crippen molar-refractivity contribution >= 4 is 11.7 Å². The van der Waals surface area contributed by atoms with Gasteiger partial charge in [-0.2, -0.15) is 0 Å². The van der Waals surface area contributed by atoms with E-state index in [2.05, 4.69) is 23.2 Å². The van der Waals surface area contributed by atoms with Gasteiger partial charge in [-0.1, -0.05) is 13.0 Å². The zero-order valence-electron chi connectivity index (χ0n) is 13.5. The van der Waals surface area contributed by atoms with E-state index >= 15 is 0 Å². The third kappa shape index (κ3) is 4.13.